The van der Waals surface area contributed by atoms with Crippen LogP contribution in [0.2, 0.25) is 5.02 Å². The van der Waals surface area contributed by atoms with Gasteiger partial charge in [-0.3, -0.25) is 9.71 Å². The molecule has 5 nitrogen and oxygen atoms in total. The molecule has 2 rings (SSSR count). The van der Waals surface area contributed by atoms with Gasteiger partial charge in [0.2, 0.25) is 0 Å². The van der Waals surface area contributed by atoms with Crippen molar-refractivity contribution in [2.24, 2.45) is 0 Å². The van der Waals surface area contributed by atoms with Gasteiger partial charge in [-0.2, -0.15) is 0 Å². The van der Waals surface area contributed by atoms with Gasteiger partial charge in [0.15, 0.2) is 5.82 Å². The average Bonchev–Trinajstić information content (AvgIpc) is 2.33. The molecule has 0 spiro atoms. The van der Waals surface area contributed by atoms with Crippen molar-refractivity contribution >= 4 is 43.4 Å². The molecule has 18 heavy (non-hydrogen) atoms. The van der Waals surface area contributed by atoms with E-state index in [0.717, 1.165) is 0 Å². The van der Waals surface area contributed by atoms with E-state index in [2.05, 4.69) is 30.6 Å². The molecule has 0 unspecified atom stereocenters. The number of hydrogen-bond acceptors (Lipinski definition) is 4. The normalized spacial score (nSPS) is 11.2. The molecule has 1 aromatic carbocycles. The van der Waals surface area contributed by atoms with Crippen LogP contribution in [0.4, 0.5) is 5.82 Å². The third kappa shape index (κ3) is 2.98. The number of anilines is 1. The molecule has 0 saturated heterocycles. The van der Waals surface area contributed by atoms with E-state index in [-0.39, 0.29) is 15.7 Å². The summed E-state index contributed by atoms with van der Waals surface area (Å²) in [5.74, 6) is 0.133. The van der Waals surface area contributed by atoms with Gasteiger partial charge in [0.25, 0.3) is 10.0 Å². The summed E-state index contributed by atoms with van der Waals surface area (Å²) in [4.78, 5) is 7.58. The maximum absolute atomic E-state index is 12.1. The first-order valence-electron chi connectivity index (χ1n) is 4.73. The minimum Gasteiger partial charge on any atom is -0.262 e. The molecule has 0 aliphatic carbocycles. The van der Waals surface area contributed by atoms with Gasteiger partial charge in [0, 0.05) is 16.9 Å². The molecule has 8 heteroatoms. The van der Waals surface area contributed by atoms with Crippen molar-refractivity contribution in [2.45, 2.75) is 4.90 Å². The predicted molar refractivity (Wildman–Crippen MR) is 72.0 cm³/mol. The van der Waals surface area contributed by atoms with E-state index in [1.54, 1.807) is 6.07 Å². The summed E-state index contributed by atoms with van der Waals surface area (Å²) in [6.45, 7) is 0. The molecule has 2 aromatic rings. The van der Waals surface area contributed by atoms with E-state index in [4.69, 9.17) is 11.6 Å². The Kier molecular flexibility index (Phi) is 3.84. The minimum absolute atomic E-state index is 0.0239. The van der Waals surface area contributed by atoms with Crippen LogP contribution in [0.25, 0.3) is 0 Å². The van der Waals surface area contributed by atoms with Gasteiger partial charge in [-0.05, 0) is 18.2 Å². The van der Waals surface area contributed by atoms with Crippen molar-refractivity contribution in [1.82, 2.24) is 9.97 Å². The van der Waals surface area contributed by atoms with Crippen LogP contribution < -0.4 is 4.72 Å². The minimum atomic E-state index is -3.78. The Hall–Kier alpha value is -1.18. The van der Waals surface area contributed by atoms with E-state index in [9.17, 15) is 8.42 Å². The van der Waals surface area contributed by atoms with E-state index < -0.39 is 10.0 Å². The highest BCUT2D eigenvalue weighted by atomic mass is 79.9. The average molecular weight is 349 g/mol. The molecule has 94 valence electrons. The van der Waals surface area contributed by atoms with Crippen molar-refractivity contribution in [3.8, 4) is 0 Å². The molecule has 1 heterocycles. The monoisotopic (exact) mass is 347 g/mol. The maximum Gasteiger partial charge on any atom is 0.264 e. The molecule has 0 aliphatic heterocycles. The molecule has 1 aromatic heterocycles. The zero-order chi connectivity index (χ0) is 13.2. The lowest BCUT2D eigenvalue weighted by Gasteiger charge is -2.08. The van der Waals surface area contributed by atoms with E-state index in [1.807, 2.05) is 0 Å². The molecule has 0 amide bonds. The molecule has 0 bridgehead atoms. The Bertz CT molecular complexity index is 664. The van der Waals surface area contributed by atoms with Gasteiger partial charge in [-0.15, -0.1) is 0 Å². The fourth-order valence-electron chi connectivity index (χ4n) is 1.23. The highest BCUT2D eigenvalue weighted by Gasteiger charge is 2.18. The summed E-state index contributed by atoms with van der Waals surface area (Å²) < 4.78 is 27.1. The zero-order valence-corrected chi connectivity index (χ0v) is 12.0. The van der Waals surface area contributed by atoms with Crippen molar-refractivity contribution in [1.29, 1.82) is 0 Å². The van der Waals surface area contributed by atoms with Crippen molar-refractivity contribution in [2.75, 3.05) is 4.72 Å². The van der Waals surface area contributed by atoms with Gasteiger partial charge in [0.1, 0.15) is 4.90 Å². The topological polar surface area (TPSA) is 72.0 Å². The van der Waals surface area contributed by atoms with Crippen LogP contribution >= 0.6 is 27.5 Å². The lowest BCUT2D eigenvalue weighted by Crippen LogP contribution is -2.14. The molecular formula is C10H7BrClN3O2S. The van der Waals surface area contributed by atoms with Crippen LogP contribution in [-0.2, 0) is 10.0 Å². The second-order valence-electron chi connectivity index (χ2n) is 3.27. The van der Waals surface area contributed by atoms with Gasteiger partial charge < -0.3 is 0 Å². The molecule has 0 aliphatic rings. The first kappa shape index (κ1) is 13.3. The number of rotatable bonds is 3. The highest BCUT2D eigenvalue weighted by Crippen LogP contribution is 2.26. The van der Waals surface area contributed by atoms with Gasteiger partial charge >= 0.3 is 0 Å². The summed E-state index contributed by atoms with van der Waals surface area (Å²) in [5.41, 5.74) is 0. The molecule has 0 radical (unpaired) electrons. The Morgan fingerprint density at radius 2 is 2.06 bits per heavy atom. The maximum atomic E-state index is 12.1. The fourth-order valence-corrected chi connectivity index (χ4v) is 3.26. The summed E-state index contributed by atoms with van der Waals surface area (Å²) in [6, 6.07) is 4.57. The Morgan fingerprint density at radius 3 is 2.72 bits per heavy atom. The van der Waals surface area contributed by atoms with Gasteiger partial charge in [-0.25, -0.2) is 13.4 Å². The molecule has 1 N–H and O–H groups in total. The van der Waals surface area contributed by atoms with Crippen molar-refractivity contribution in [3.63, 3.8) is 0 Å². The predicted octanol–water partition coefficient (Wildman–Crippen LogP) is 2.69. The fraction of sp³-hybridized carbons (Fsp3) is 0. The number of benzene rings is 1. The molecular weight excluding hydrogens is 342 g/mol. The summed E-state index contributed by atoms with van der Waals surface area (Å²) in [5, 5.41) is 0.134. The summed E-state index contributed by atoms with van der Waals surface area (Å²) in [7, 11) is -3.78. The lowest BCUT2D eigenvalue weighted by molar-refractivity contribution is 0.601. The Labute approximate surface area is 117 Å². The van der Waals surface area contributed by atoms with Crippen molar-refractivity contribution < 1.29 is 8.42 Å². The first-order valence-corrected chi connectivity index (χ1v) is 7.38. The van der Waals surface area contributed by atoms with E-state index in [1.165, 1.54) is 30.7 Å². The lowest BCUT2D eigenvalue weighted by atomic mass is 10.4. The number of hydrogen-bond donors (Lipinski definition) is 1. The Morgan fingerprint density at radius 1 is 1.28 bits per heavy atom. The van der Waals surface area contributed by atoms with Gasteiger partial charge in [-0.1, -0.05) is 27.5 Å². The zero-order valence-electron chi connectivity index (χ0n) is 8.84. The third-order valence-corrected chi connectivity index (χ3v) is 4.31. The van der Waals surface area contributed by atoms with Gasteiger partial charge in [0.05, 0.1) is 11.2 Å². The van der Waals surface area contributed by atoms with Crippen LogP contribution in [0.15, 0.2) is 46.2 Å². The number of halogens is 2. The smallest absolute Gasteiger partial charge is 0.262 e. The van der Waals surface area contributed by atoms with Crippen LogP contribution in [0.1, 0.15) is 0 Å². The van der Waals surface area contributed by atoms with Crippen LogP contribution in [0.3, 0.4) is 0 Å². The highest BCUT2D eigenvalue weighted by molar-refractivity contribution is 9.10. The number of aromatic nitrogens is 2. The summed E-state index contributed by atoms with van der Waals surface area (Å²) in [6.07, 6.45) is 4.15. The van der Waals surface area contributed by atoms with Crippen molar-refractivity contribution in [3.05, 3.63) is 46.3 Å². The molecule has 0 fully saturated rings. The van der Waals surface area contributed by atoms with Crippen LogP contribution in [0.5, 0.6) is 0 Å². The largest absolute Gasteiger partial charge is 0.264 e. The second kappa shape index (κ2) is 5.21. The SMILES string of the molecule is O=S(=O)(Nc1cnccn1)c1cc(Br)ccc1Cl. The van der Waals surface area contributed by atoms with E-state index in [0.29, 0.717) is 4.47 Å². The molecule has 0 atom stereocenters. The number of nitrogens with zero attached hydrogens (tertiary/aromatic N) is 2. The van der Waals surface area contributed by atoms with Crippen LogP contribution in [-0.4, -0.2) is 18.4 Å². The quantitative estimate of drug-likeness (QED) is 0.925. The van der Waals surface area contributed by atoms with Crippen LogP contribution in [0, 0.1) is 0 Å². The standard InChI is InChI=1S/C10H7BrClN3O2S/c11-7-1-2-8(12)9(5-7)18(16,17)15-10-6-13-3-4-14-10/h1-6H,(H,14,15). The number of nitrogens with one attached hydrogen (secondary N) is 1. The first-order chi connectivity index (χ1) is 8.49. The second-order valence-corrected chi connectivity index (χ2v) is 6.24. The van der Waals surface area contributed by atoms with E-state index >= 15 is 0 Å². The molecule has 0 saturated carbocycles. The number of sulfonamides is 1. The Balaban J connectivity index is 2.40. The third-order valence-electron chi connectivity index (χ3n) is 1.98. The summed E-state index contributed by atoms with van der Waals surface area (Å²) >= 11 is 9.07.